The average Bonchev–Trinajstić information content (AvgIpc) is 2.82. The van der Waals surface area contributed by atoms with Crippen molar-refractivity contribution in [2.45, 2.75) is 13.0 Å². The monoisotopic (exact) mass is 365 g/mol. The van der Waals surface area contributed by atoms with E-state index in [0.717, 1.165) is 6.54 Å². The SMILES string of the molecule is C[C@@H]1CN(C(=O)CNC(=O)c2ccc(Br)o2)CCN1.Cl. The molecule has 2 heterocycles. The predicted molar refractivity (Wildman–Crippen MR) is 80.0 cm³/mol. The standard InChI is InChI=1S/C12H16BrN3O3.ClH/c1-8-7-16(5-4-14-8)11(17)6-15-12(18)9-2-3-10(13)19-9;/h2-3,8,14H,4-7H2,1H3,(H,15,18);1H/t8-;/m1./s1. The Bertz CT molecular complexity index is 480. The second-order valence-corrected chi connectivity index (χ2v) is 5.26. The molecule has 1 aliphatic rings. The van der Waals surface area contributed by atoms with Crippen LogP contribution < -0.4 is 10.6 Å². The van der Waals surface area contributed by atoms with Crippen LogP contribution in [0, 0.1) is 0 Å². The van der Waals surface area contributed by atoms with E-state index >= 15 is 0 Å². The first-order valence-electron chi connectivity index (χ1n) is 6.11. The van der Waals surface area contributed by atoms with Crippen LogP contribution in [0.3, 0.4) is 0 Å². The Morgan fingerprint density at radius 1 is 1.55 bits per heavy atom. The van der Waals surface area contributed by atoms with Gasteiger partial charge in [0.25, 0.3) is 5.91 Å². The molecular weight excluding hydrogens is 350 g/mol. The fourth-order valence-corrected chi connectivity index (χ4v) is 2.26. The largest absolute Gasteiger partial charge is 0.444 e. The molecule has 0 spiro atoms. The van der Waals surface area contributed by atoms with E-state index < -0.39 is 0 Å². The number of nitrogens with one attached hydrogen (secondary N) is 2. The summed E-state index contributed by atoms with van der Waals surface area (Å²) in [6.45, 7) is 4.14. The molecule has 1 aromatic rings. The minimum absolute atomic E-state index is 0. The maximum Gasteiger partial charge on any atom is 0.287 e. The predicted octanol–water partition coefficient (Wildman–Crippen LogP) is 1.01. The van der Waals surface area contributed by atoms with E-state index in [4.69, 9.17) is 4.42 Å². The van der Waals surface area contributed by atoms with Crippen molar-refractivity contribution in [1.82, 2.24) is 15.5 Å². The molecule has 0 saturated carbocycles. The first-order chi connectivity index (χ1) is 9.06. The summed E-state index contributed by atoms with van der Waals surface area (Å²) in [6.07, 6.45) is 0. The van der Waals surface area contributed by atoms with Gasteiger partial charge in [0.15, 0.2) is 10.4 Å². The van der Waals surface area contributed by atoms with E-state index in [2.05, 4.69) is 26.6 Å². The van der Waals surface area contributed by atoms with Crippen LogP contribution in [-0.2, 0) is 4.79 Å². The van der Waals surface area contributed by atoms with E-state index in [-0.39, 0.29) is 42.6 Å². The summed E-state index contributed by atoms with van der Waals surface area (Å²) < 4.78 is 5.60. The van der Waals surface area contributed by atoms with Crippen molar-refractivity contribution in [3.63, 3.8) is 0 Å². The van der Waals surface area contributed by atoms with Gasteiger partial charge >= 0.3 is 0 Å². The molecule has 112 valence electrons. The molecule has 0 aliphatic carbocycles. The fraction of sp³-hybridized carbons (Fsp3) is 0.500. The van der Waals surface area contributed by atoms with Crippen LogP contribution in [-0.4, -0.2) is 48.9 Å². The summed E-state index contributed by atoms with van der Waals surface area (Å²) in [4.78, 5) is 25.4. The third kappa shape index (κ3) is 4.50. The second-order valence-electron chi connectivity index (χ2n) is 4.48. The zero-order chi connectivity index (χ0) is 13.8. The number of carbonyl (C=O) groups is 2. The van der Waals surface area contributed by atoms with Crippen LogP contribution in [0.25, 0.3) is 0 Å². The molecule has 2 amide bonds. The first kappa shape index (κ1) is 17.0. The number of carbonyl (C=O) groups excluding carboxylic acids is 2. The van der Waals surface area contributed by atoms with E-state index in [1.807, 2.05) is 6.92 Å². The Balaban J connectivity index is 0.00000200. The van der Waals surface area contributed by atoms with Crippen LogP contribution in [0.4, 0.5) is 0 Å². The molecule has 0 bridgehead atoms. The average molecular weight is 367 g/mol. The molecule has 0 radical (unpaired) electrons. The lowest BCUT2D eigenvalue weighted by atomic mass is 10.2. The number of halogens is 2. The molecule has 0 unspecified atom stereocenters. The smallest absolute Gasteiger partial charge is 0.287 e. The highest BCUT2D eigenvalue weighted by Crippen LogP contribution is 2.13. The Morgan fingerprint density at radius 2 is 2.30 bits per heavy atom. The van der Waals surface area contributed by atoms with Gasteiger partial charge in [0.2, 0.25) is 5.91 Å². The van der Waals surface area contributed by atoms with Crippen molar-refractivity contribution in [3.8, 4) is 0 Å². The van der Waals surface area contributed by atoms with Crippen LogP contribution >= 0.6 is 28.3 Å². The van der Waals surface area contributed by atoms with E-state index in [0.29, 0.717) is 17.8 Å². The van der Waals surface area contributed by atoms with Crippen molar-refractivity contribution < 1.29 is 14.0 Å². The molecule has 1 aromatic heterocycles. The summed E-state index contributed by atoms with van der Waals surface area (Å²) in [6, 6.07) is 3.47. The maximum absolute atomic E-state index is 11.9. The quantitative estimate of drug-likeness (QED) is 0.837. The highest BCUT2D eigenvalue weighted by atomic mass is 79.9. The van der Waals surface area contributed by atoms with E-state index in [1.165, 1.54) is 0 Å². The third-order valence-electron chi connectivity index (χ3n) is 2.92. The lowest BCUT2D eigenvalue weighted by Gasteiger charge is -2.31. The Kier molecular flexibility index (Phi) is 6.51. The first-order valence-corrected chi connectivity index (χ1v) is 6.90. The highest BCUT2D eigenvalue weighted by Gasteiger charge is 2.21. The van der Waals surface area contributed by atoms with Gasteiger partial charge in [-0.25, -0.2) is 0 Å². The van der Waals surface area contributed by atoms with Crippen LogP contribution in [0.15, 0.2) is 21.2 Å². The molecule has 1 atom stereocenters. The number of amides is 2. The van der Waals surface area contributed by atoms with Gasteiger partial charge in [-0.2, -0.15) is 0 Å². The zero-order valence-corrected chi connectivity index (χ0v) is 13.4. The number of rotatable bonds is 3. The normalized spacial score (nSPS) is 18.3. The van der Waals surface area contributed by atoms with Crippen molar-refractivity contribution in [3.05, 3.63) is 22.6 Å². The van der Waals surface area contributed by atoms with Crippen molar-refractivity contribution >= 4 is 40.2 Å². The summed E-state index contributed by atoms with van der Waals surface area (Å²) in [5, 5.41) is 5.82. The number of hydrogen-bond donors (Lipinski definition) is 2. The van der Waals surface area contributed by atoms with Crippen LogP contribution in [0.1, 0.15) is 17.5 Å². The third-order valence-corrected chi connectivity index (χ3v) is 3.34. The molecule has 20 heavy (non-hydrogen) atoms. The maximum atomic E-state index is 11.9. The molecule has 1 fully saturated rings. The van der Waals surface area contributed by atoms with Crippen LogP contribution in [0.2, 0.25) is 0 Å². The van der Waals surface area contributed by atoms with Crippen molar-refractivity contribution in [1.29, 1.82) is 0 Å². The van der Waals surface area contributed by atoms with E-state index in [1.54, 1.807) is 17.0 Å². The number of furan rings is 1. The van der Waals surface area contributed by atoms with Gasteiger partial charge in [0.05, 0.1) is 6.54 Å². The van der Waals surface area contributed by atoms with Gasteiger partial charge in [-0.1, -0.05) is 0 Å². The molecular formula is C12H17BrClN3O3. The van der Waals surface area contributed by atoms with Crippen molar-refractivity contribution in [2.75, 3.05) is 26.2 Å². The minimum atomic E-state index is -0.387. The highest BCUT2D eigenvalue weighted by molar-refractivity contribution is 9.10. The lowest BCUT2D eigenvalue weighted by molar-refractivity contribution is -0.131. The zero-order valence-electron chi connectivity index (χ0n) is 11.0. The topological polar surface area (TPSA) is 74.6 Å². The molecule has 0 aromatic carbocycles. The fourth-order valence-electron chi connectivity index (χ4n) is 1.95. The molecule has 8 heteroatoms. The van der Waals surface area contributed by atoms with E-state index in [9.17, 15) is 9.59 Å². The van der Waals surface area contributed by atoms with Crippen LogP contribution in [0.5, 0.6) is 0 Å². The summed E-state index contributed by atoms with van der Waals surface area (Å²) in [5.74, 6) is -0.275. The molecule has 6 nitrogen and oxygen atoms in total. The lowest BCUT2D eigenvalue weighted by Crippen LogP contribution is -2.53. The Hall–Kier alpha value is -1.05. The van der Waals surface area contributed by atoms with Gasteiger partial charge in [-0.3, -0.25) is 9.59 Å². The summed E-state index contributed by atoms with van der Waals surface area (Å²) in [7, 11) is 0. The van der Waals surface area contributed by atoms with Gasteiger partial charge < -0.3 is 20.0 Å². The van der Waals surface area contributed by atoms with Gasteiger partial charge in [-0.15, -0.1) is 12.4 Å². The Labute approximate surface area is 131 Å². The molecule has 1 aliphatic heterocycles. The molecule has 2 N–H and O–H groups in total. The minimum Gasteiger partial charge on any atom is -0.444 e. The van der Waals surface area contributed by atoms with Crippen molar-refractivity contribution in [2.24, 2.45) is 0 Å². The summed E-state index contributed by atoms with van der Waals surface area (Å²) in [5.41, 5.74) is 0. The second kappa shape index (κ2) is 7.66. The number of hydrogen-bond acceptors (Lipinski definition) is 4. The van der Waals surface area contributed by atoms with Gasteiger partial charge in [-0.05, 0) is 35.0 Å². The summed E-state index contributed by atoms with van der Waals surface area (Å²) >= 11 is 3.12. The number of piperazine rings is 1. The van der Waals surface area contributed by atoms with Gasteiger partial charge in [0.1, 0.15) is 0 Å². The molecule has 2 rings (SSSR count). The molecule has 1 saturated heterocycles. The Morgan fingerprint density at radius 3 is 2.90 bits per heavy atom. The number of nitrogens with zero attached hydrogens (tertiary/aromatic N) is 1. The van der Waals surface area contributed by atoms with Gasteiger partial charge in [0, 0.05) is 25.7 Å².